The molecule has 2 heteroatoms. The van der Waals surface area contributed by atoms with Crippen LogP contribution in [-0.2, 0) is 0 Å². The Morgan fingerprint density at radius 3 is 2.15 bits per heavy atom. The third-order valence-corrected chi connectivity index (χ3v) is 3.03. The van der Waals surface area contributed by atoms with Gasteiger partial charge in [0, 0.05) is 24.7 Å². The molecule has 0 amide bonds. The summed E-state index contributed by atoms with van der Waals surface area (Å²) >= 11 is 0. The van der Waals surface area contributed by atoms with Crippen LogP contribution in [0.3, 0.4) is 0 Å². The molecule has 0 unspecified atom stereocenters. The van der Waals surface area contributed by atoms with Crippen LogP contribution in [0.4, 0.5) is 0 Å². The first-order valence-corrected chi connectivity index (χ1v) is 5.35. The van der Waals surface area contributed by atoms with Gasteiger partial charge in [-0.05, 0) is 25.7 Å². The average molecular weight is 184 g/mol. The summed E-state index contributed by atoms with van der Waals surface area (Å²) < 4.78 is 0. The molecule has 2 nitrogen and oxygen atoms in total. The summed E-state index contributed by atoms with van der Waals surface area (Å²) in [7, 11) is 0. The minimum absolute atomic E-state index is 0.306. The highest BCUT2D eigenvalue weighted by Crippen LogP contribution is 2.33. The zero-order valence-electron chi connectivity index (χ0n) is 9.67. The Morgan fingerprint density at radius 2 is 1.85 bits per heavy atom. The zero-order valence-corrected chi connectivity index (χ0v) is 9.67. The van der Waals surface area contributed by atoms with Gasteiger partial charge < -0.3 is 5.73 Å². The predicted octanol–water partition coefficient (Wildman–Crippen LogP) is 1.84. The molecule has 1 aliphatic rings. The fraction of sp³-hybridized carbons (Fsp3) is 1.00. The summed E-state index contributed by atoms with van der Waals surface area (Å²) in [5, 5.41) is 0. The Kier molecular flexibility index (Phi) is 3.03. The van der Waals surface area contributed by atoms with Gasteiger partial charge in [0.2, 0.25) is 0 Å². The third-order valence-electron chi connectivity index (χ3n) is 3.03. The lowest BCUT2D eigenvalue weighted by atomic mass is 9.82. The van der Waals surface area contributed by atoms with Crippen molar-refractivity contribution in [1.82, 2.24) is 4.90 Å². The lowest BCUT2D eigenvalue weighted by molar-refractivity contribution is 0.103. The van der Waals surface area contributed by atoms with Gasteiger partial charge >= 0.3 is 0 Å². The molecule has 2 N–H and O–H groups in total. The van der Waals surface area contributed by atoms with Gasteiger partial charge in [-0.1, -0.05) is 20.8 Å². The van der Waals surface area contributed by atoms with Crippen molar-refractivity contribution in [3.63, 3.8) is 0 Å². The topological polar surface area (TPSA) is 29.3 Å². The smallest absolute Gasteiger partial charge is 0.0298 e. The van der Waals surface area contributed by atoms with E-state index in [1.807, 2.05) is 0 Å². The number of hydrogen-bond acceptors (Lipinski definition) is 2. The molecule has 13 heavy (non-hydrogen) atoms. The summed E-state index contributed by atoms with van der Waals surface area (Å²) in [6.07, 6.45) is 1.15. The van der Waals surface area contributed by atoms with Gasteiger partial charge in [0.25, 0.3) is 0 Å². The summed E-state index contributed by atoms with van der Waals surface area (Å²) in [5.41, 5.74) is 6.46. The predicted molar refractivity (Wildman–Crippen MR) is 57.7 cm³/mol. The third kappa shape index (κ3) is 2.23. The van der Waals surface area contributed by atoms with Crippen LogP contribution in [0.5, 0.6) is 0 Å². The molecular weight excluding hydrogens is 160 g/mol. The molecule has 0 aromatic heterocycles. The lowest BCUT2D eigenvalue weighted by Crippen LogP contribution is -2.50. The van der Waals surface area contributed by atoms with Crippen LogP contribution in [0.25, 0.3) is 0 Å². The maximum absolute atomic E-state index is 6.15. The van der Waals surface area contributed by atoms with E-state index in [1.54, 1.807) is 0 Å². The van der Waals surface area contributed by atoms with E-state index >= 15 is 0 Å². The van der Waals surface area contributed by atoms with E-state index in [9.17, 15) is 0 Å². The normalized spacial score (nSPS) is 31.6. The van der Waals surface area contributed by atoms with Crippen LogP contribution in [0.1, 0.15) is 41.0 Å². The van der Waals surface area contributed by atoms with Crippen LogP contribution in [0, 0.1) is 5.41 Å². The second-order valence-electron chi connectivity index (χ2n) is 5.59. The molecule has 0 spiro atoms. The van der Waals surface area contributed by atoms with Crippen molar-refractivity contribution >= 4 is 0 Å². The molecule has 0 bridgehead atoms. The van der Waals surface area contributed by atoms with E-state index in [0.717, 1.165) is 6.42 Å². The van der Waals surface area contributed by atoms with Crippen LogP contribution in [-0.4, -0.2) is 29.6 Å². The highest BCUT2D eigenvalue weighted by molar-refractivity contribution is 4.97. The Bertz CT molecular complexity index is 169. The Labute approximate surface area is 82.5 Å². The van der Waals surface area contributed by atoms with Gasteiger partial charge in [-0.25, -0.2) is 0 Å². The Morgan fingerprint density at radius 1 is 1.31 bits per heavy atom. The molecule has 1 rings (SSSR count). The lowest BCUT2D eigenvalue weighted by Gasteiger charge is -2.39. The molecule has 0 aliphatic carbocycles. The maximum atomic E-state index is 6.15. The fourth-order valence-corrected chi connectivity index (χ4v) is 2.56. The molecule has 0 saturated carbocycles. The second kappa shape index (κ2) is 3.58. The van der Waals surface area contributed by atoms with Crippen LogP contribution in [0.2, 0.25) is 0 Å². The van der Waals surface area contributed by atoms with Crippen molar-refractivity contribution in [1.29, 1.82) is 0 Å². The molecule has 2 atom stereocenters. The number of rotatable bonds is 1. The average Bonchev–Trinajstić information content (AvgIpc) is 2.28. The highest BCUT2D eigenvalue weighted by atomic mass is 15.2. The van der Waals surface area contributed by atoms with Crippen molar-refractivity contribution in [3.8, 4) is 0 Å². The van der Waals surface area contributed by atoms with Crippen LogP contribution in [0.15, 0.2) is 0 Å². The number of nitrogens with two attached hydrogens (primary N) is 1. The van der Waals surface area contributed by atoms with Gasteiger partial charge in [0.1, 0.15) is 0 Å². The maximum Gasteiger partial charge on any atom is 0.0298 e. The molecule has 1 saturated heterocycles. The zero-order chi connectivity index (χ0) is 10.2. The molecule has 1 heterocycles. The molecule has 1 fully saturated rings. The van der Waals surface area contributed by atoms with Gasteiger partial charge in [0.15, 0.2) is 0 Å². The van der Waals surface area contributed by atoms with Crippen molar-refractivity contribution in [2.24, 2.45) is 11.1 Å². The largest absolute Gasteiger partial charge is 0.326 e. The van der Waals surface area contributed by atoms with E-state index in [0.29, 0.717) is 23.5 Å². The number of nitrogens with zero attached hydrogens (tertiary/aromatic N) is 1. The van der Waals surface area contributed by atoms with E-state index in [2.05, 4.69) is 39.5 Å². The fourth-order valence-electron chi connectivity index (χ4n) is 2.56. The number of likely N-dealkylation sites (tertiary alicyclic amines) is 1. The Balaban J connectivity index is 2.77. The summed E-state index contributed by atoms with van der Waals surface area (Å²) in [4.78, 5) is 2.55. The molecule has 78 valence electrons. The van der Waals surface area contributed by atoms with Gasteiger partial charge in [-0.15, -0.1) is 0 Å². The number of hydrogen-bond donors (Lipinski definition) is 1. The van der Waals surface area contributed by atoms with Crippen molar-refractivity contribution < 1.29 is 0 Å². The summed E-state index contributed by atoms with van der Waals surface area (Å²) in [6.45, 7) is 12.6. The van der Waals surface area contributed by atoms with Crippen LogP contribution >= 0.6 is 0 Å². The molecular formula is C11H24N2. The molecule has 0 radical (unpaired) electrons. The summed E-state index contributed by atoms with van der Waals surface area (Å²) in [5.74, 6) is 0. The van der Waals surface area contributed by atoms with Gasteiger partial charge in [-0.2, -0.15) is 0 Å². The SMILES string of the molecule is CC(C)N1CC[C@H](N)[C@H]1C(C)(C)C. The Hall–Kier alpha value is -0.0800. The van der Waals surface area contributed by atoms with Crippen molar-refractivity contribution in [2.75, 3.05) is 6.54 Å². The van der Waals surface area contributed by atoms with Gasteiger partial charge in [0.05, 0.1) is 0 Å². The van der Waals surface area contributed by atoms with E-state index in [4.69, 9.17) is 5.73 Å². The minimum atomic E-state index is 0.306. The molecule has 0 aromatic carbocycles. The molecule has 1 aliphatic heterocycles. The summed E-state index contributed by atoms with van der Waals surface area (Å²) in [6, 6.07) is 1.53. The second-order valence-corrected chi connectivity index (χ2v) is 5.59. The van der Waals surface area contributed by atoms with Crippen LogP contribution < -0.4 is 5.73 Å². The minimum Gasteiger partial charge on any atom is -0.326 e. The molecule has 0 aromatic rings. The monoisotopic (exact) mass is 184 g/mol. The standard InChI is InChI=1S/C11H24N2/c1-8(2)13-7-6-9(12)10(13)11(3,4)5/h8-10H,6-7,12H2,1-5H3/t9-,10-/m0/s1. The quantitative estimate of drug-likeness (QED) is 0.674. The first-order valence-electron chi connectivity index (χ1n) is 5.35. The first kappa shape index (κ1) is 11.0. The van der Waals surface area contributed by atoms with E-state index < -0.39 is 0 Å². The van der Waals surface area contributed by atoms with Crippen molar-refractivity contribution in [2.45, 2.75) is 59.2 Å². The van der Waals surface area contributed by atoms with E-state index in [-0.39, 0.29) is 0 Å². The van der Waals surface area contributed by atoms with Crippen molar-refractivity contribution in [3.05, 3.63) is 0 Å². The van der Waals surface area contributed by atoms with E-state index in [1.165, 1.54) is 6.54 Å². The first-order chi connectivity index (χ1) is 5.84. The van der Waals surface area contributed by atoms with Gasteiger partial charge in [-0.3, -0.25) is 4.90 Å². The highest BCUT2D eigenvalue weighted by Gasteiger charge is 2.40.